The Bertz CT molecular complexity index is 768. The van der Waals surface area contributed by atoms with E-state index in [9.17, 15) is 4.21 Å². The Morgan fingerprint density at radius 2 is 1.95 bits per heavy atom. The van der Waals surface area contributed by atoms with Crippen LogP contribution in [0.1, 0.15) is 18.3 Å². The van der Waals surface area contributed by atoms with Crippen LogP contribution in [-0.2, 0) is 22.3 Å². The third kappa shape index (κ3) is 3.51. The van der Waals surface area contributed by atoms with Crippen molar-refractivity contribution in [2.75, 3.05) is 6.61 Å². The summed E-state index contributed by atoms with van der Waals surface area (Å²) in [6, 6.07) is 11.3. The van der Waals surface area contributed by atoms with E-state index < -0.39 is 10.8 Å². The molecule has 6 heteroatoms. The summed E-state index contributed by atoms with van der Waals surface area (Å²) in [5, 5.41) is 0. The van der Waals surface area contributed by atoms with Crippen molar-refractivity contribution in [2.45, 2.75) is 18.4 Å². The molecule has 0 aromatic carbocycles. The summed E-state index contributed by atoms with van der Waals surface area (Å²) in [7, 11) is -1.05. The van der Waals surface area contributed by atoms with Crippen molar-refractivity contribution in [3.8, 4) is 5.88 Å². The molecule has 1 atom stereocenters. The smallest absolute Gasteiger partial charge is 0.213 e. The molecule has 0 aliphatic carbocycles. The van der Waals surface area contributed by atoms with Crippen LogP contribution in [0.5, 0.6) is 5.88 Å². The van der Waals surface area contributed by atoms with Gasteiger partial charge in [-0.05, 0) is 25.1 Å². The van der Waals surface area contributed by atoms with Crippen molar-refractivity contribution >= 4 is 16.4 Å². The van der Waals surface area contributed by atoms with Gasteiger partial charge in [-0.3, -0.25) is 4.21 Å². The summed E-state index contributed by atoms with van der Waals surface area (Å²) >= 11 is 0. The second kappa shape index (κ2) is 6.70. The normalized spacial score (nSPS) is 12.4. The Kier molecular flexibility index (Phi) is 4.48. The van der Waals surface area contributed by atoms with Crippen LogP contribution in [0.15, 0.2) is 48.8 Å². The summed E-state index contributed by atoms with van der Waals surface area (Å²) in [4.78, 5) is 8.81. The highest BCUT2D eigenvalue weighted by atomic mass is 32.2. The zero-order valence-corrected chi connectivity index (χ0v) is 13.1. The molecule has 22 heavy (non-hydrogen) atoms. The van der Waals surface area contributed by atoms with Crippen LogP contribution in [-0.4, -0.2) is 25.2 Å². The average molecular weight is 315 g/mol. The van der Waals surface area contributed by atoms with Gasteiger partial charge in [-0.1, -0.05) is 12.1 Å². The summed E-state index contributed by atoms with van der Waals surface area (Å²) in [6.07, 6.45) is 3.85. The first kappa shape index (κ1) is 14.7. The Morgan fingerprint density at radius 3 is 2.77 bits per heavy atom. The molecule has 0 aliphatic heterocycles. The number of hydrogen-bond donors (Lipinski definition) is 0. The summed E-state index contributed by atoms with van der Waals surface area (Å²) in [5.41, 5.74) is 2.46. The van der Waals surface area contributed by atoms with Crippen molar-refractivity contribution in [1.82, 2.24) is 14.4 Å². The lowest BCUT2D eigenvalue weighted by atomic mass is 10.4. The maximum Gasteiger partial charge on any atom is 0.213 e. The first-order valence-electron chi connectivity index (χ1n) is 7.11. The minimum atomic E-state index is -1.05. The Hall–Kier alpha value is -2.21. The lowest BCUT2D eigenvalue weighted by molar-refractivity contribution is 0.326. The highest BCUT2D eigenvalue weighted by molar-refractivity contribution is 7.83. The molecule has 114 valence electrons. The highest BCUT2D eigenvalue weighted by Gasteiger charge is 2.08. The minimum absolute atomic E-state index is 0.398. The van der Waals surface area contributed by atoms with Crippen molar-refractivity contribution in [3.05, 3.63) is 60.2 Å². The van der Waals surface area contributed by atoms with Gasteiger partial charge in [-0.2, -0.15) is 0 Å². The Balaban J connectivity index is 1.68. The fourth-order valence-electron chi connectivity index (χ4n) is 2.20. The Labute approximate surface area is 131 Å². The van der Waals surface area contributed by atoms with Crippen LogP contribution in [0, 0.1) is 0 Å². The van der Waals surface area contributed by atoms with Crippen molar-refractivity contribution in [1.29, 1.82) is 0 Å². The second-order valence-electron chi connectivity index (χ2n) is 4.83. The first-order chi connectivity index (χ1) is 10.7. The van der Waals surface area contributed by atoms with Gasteiger partial charge in [0.15, 0.2) is 0 Å². The molecule has 1 unspecified atom stereocenters. The molecule has 0 N–H and O–H groups in total. The van der Waals surface area contributed by atoms with Crippen molar-refractivity contribution in [2.24, 2.45) is 0 Å². The van der Waals surface area contributed by atoms with Crippen molar-refractivity contribution < 1.29 is 8.95 Å². The van der Waals surface area contributed by atoms with Gasteiger partial charge in [0.05, 0.1) is 29.5 Å². The van der Waals surface area contributed by atoms with Gasteiger partial charge < -0.3 is 9.14 Å². The number of imidazole rings is 1. The standard InChI is InChI=1S/C16H17N3O2S/c1-2-21-16-8-5-6-13(18-16)11-22(20)12-14-10-19-9-4-3-7-15(19)17-14/h3-10H,2,11-12H2,1H3. The fraction of sp³-hybridized carbons (Fsp3) is 0.250. The number of fused-ring (bicyclic) bond motifs is 1. The summed E-state index contributed by atoms with van der Waals surface area (Å²) in [6.45, 7) is 2.48. The SMILES string of the molecule is CCOc1cccc(CS(=O)Cc2cn3ccccc3n2)n1. The van der Waals surface area contributed by atoms with Gasteiger partial charge in [-0.25, -0.2) is 9.97 Å². The van der Waals surface area contributed by atoms with Crippen LogP contribution in [0.2, 0.25) is 0 Å². The van der Waals surface area contributed by atoms with E-state index in [1.807, 2.05) is 54.0 Å². The van der Waals surface area contributed by atoms with Gasteiger partial charge >= 0.3 is 0 Å². The third-order valence-corrected chi connectivity index (χ3v) is 4.34. The maximum absolute atomic E-state index is 12.3. The highest BCUT2D eigenvalue weighted by Crippen LogP contribution is 2.12. The molecule has 3 rings (SSSR count). The fourth-order valence-corrected chi connectivity index (χ4v) is 3.27. The molecule has 0 spiro atoms. The minimum Gasteiger partial charge on any atom is -0.478 e. The summed E-state index contributed by atoms with van der Waals surface area (Å²) < 4.78 is 19.6. The molecular formula is C16H17N3O2S. The number of nitrogens with zero attached hydrogens (tertiary/aromatic N) is 3. The number of ether oxygens (including phenoxy) is 1. The average Bonchev–Trinajstić information content (AvgIpc) is 2.89. The molecule has 0 amide bonds. The molecule has 3 aromatic heterocycles. The molecule has 3 heterocycles. The van der Waals surface area contributed by atoms with E-state index in [-0.39, 0.29) is 0 Å². The second-order valence-corrected chi connectivity index (χ2v) is 6.28. The van der Waals surface area contributed by atoms with Crippen LogP contribution in [0.3, 0.4) is 0 Å². The van der Waals surface area contributed by atoms with E-state index in [1.165, 1.54) is 0 Å². The molecule has 0 aliphatic rings. The quantitative estimate of drug-likeness (QED) is 0.701. The number of pyridine rings is 2. The topological polar surface area (TPSA) is 56.5 Å². The largest absolute Gasteiger partial charge is 0.478 e. The molecule has 0 fully saturated rings. The number of rotatable bonds is 6. The van der Waals surface area contributed by atoms with Gasteiger partial charge in [0.1, 0.15) is 5.65 Å². The van der Waals surface area contributed by atoms with E-state index >= 15 is 0 Å². The molecule has 0 saturated heterocycles. The predicted molar refractivity (Wildman–Crippen MR) is 86.1 cm³/mol. The lowest BCUT2D eigenvalue weighted by Gasteiger charge is -2.04. The van der Waals surface area contributed by atoms with Crippen LogP contribution < -0.4 is 4.74 Å². The van der Waals surface area contributed by atoms with Gasteiger partial charge in [0, 0.05) is 29.3 Å². The number of hydrogen-bond acceptors (Lipinski definition) is 4. The van der Waals surface area contributed by atoms with Crippen LogP contribution >= 0.6 is 0 Å². The third-order valence-electron chi connectivity index (χ3n) is 3.11. The van der Waals surface area contributed by atoms with Crippen molar-refractivity contribution in [3.63, 3.8) is 0 Å². The van der Waals surface area contributed by atoms with E-state index in [0.29, 0.717) is 24.0 Å². The zero-order valence-electron chi connectivity index (χ0n) is 12.3. The molecule has 0 radical (unpaired) electrons. The molecule has 0 saturated carbocycles. The van der Waals surface area contributed by atoms with E-state index in [0.717, 1.165) is 17.0 Å². The Morgan fingerprint density at radius 1 is 1.09 bits per heavy atom. The molecular weight excluding hydrogens is 298 g/mol. The number of aromatic nitrogens is 3. The molecule has 5 nitrogen and oxygen atoms in total. The van der Waals surface area contributed by atoms with E-state index in [2.05, 4.69) is 9.97 Å². The maximum atomic E-state index is 12.3. The summed E-state index contributed by atoms with van der Waals surface area (Å²) in [5.74, 6) is 1.39. The van der Waals surface area contributed by atoms with E-state index in [1.54, 1.807) is 6.07 Å². The van der Waals surface area contributed by atoms with Gasteiger partial charge in [-0.15, -0.1) is 0 Å². The van der Waals surface area contributed by atoms with Crippen LogP contribution in [0.4, 0.5) is 0 Å². The van der Waals surface area contributed by atoms with Crippen LogP contribution in [0.25, 0.3) is 5.65 Å². The van der Waals surface area contributed by atoms with Gasteiger partial charge in [0.2, 0.25) is 5.88 Å². The zero-order chi connectivity index (χ0) is 15.4. The molecule has 0 bridgehead atoms. The first-order valence-corrected chi connectivity index (χ1v) is 8.59. The predicted octanol–water partition coefficient (Wildman–Crippen LogP) is 2.58. The molecule has 3 aromatic rings. The monoisotopic (exact) mass is 315 g/mol. The van der Waals surface area contributed by atoms with Gasteiger partial charge in [0.25, 0.3) is 0 Å². The lowest BCUT2D eigenvalue weighted by Crippen LogP contribution is -2.03. The van der Waals surface area contributed by atoms with E-state index in [4.69, 9.17) is 4.74 Å².